The molecule has 78 valence electrons. The van der Waals surface area contributed by atoms with Crippen LogP contribution in [0.2, 0.25) is 6.55 Å². The van der Waals surface area contributed by atoms with Crippen molar-refractivity contribution in [2.24, 2.45) is 5.73 Å². The van der Waals surface area contributed by atoms with Crippen LogP contribution in [0.3, 0.4) is 0 Å². The molecule has 13 heavy (non-hydrogen) atoms. The van der Waals surface area contributed by atoms with Crippen molar-refractivity contribution < 1.29 is 13.6 Å². The van der Waals surface area contributed by atoms with Crippen molar-refractivity contribution >= 4 is 14.6 Å². The third-order valence-corrected chi connectivity index (χ3v) is 5.61. The molecule has 0 heterocycles. The number of nitrogens with one attached hydrogen (secondary N) is 1. The molecule has 1 atom stereocenters. The number of hydrogen-bond acceptors (Lipinski definition) is 3. The van der Waals surface area contributed by atoms with Crippen molar-refractivity contribution in [3.05, 3.63) is 0 Å². The van der Waals surface area contributed by atoms with Crippen molar-refractivity contribution in [1.82, 2.24) is 5.32 Å². The normalized spacial score (nSPS) is 13.8. The zero-order valence-electron chi connectivity index (χ0n) is 8.59. The van der Waals surface area contributed by atoms with E-state index in [0.29, 0.717) is 0 Å². The number of urea groups is 1. The highest BCUT2D eigenvalue weighted by Crippen LogP contribution is 2.12. The molecule has 0 aliphatic rings. The first-order chi connectivity index (χ1) is 6.00. The second-order valence-electron chi connectivity index (χ2n) is 2.89. The van der Waals surface area contributed by atoms with E-state index in [2.05, 4.69) is 5.32 Å². The molecule has 2 amide bonds. The van der Waals surface area contributed by atoms with E-state index in [-0.39, 0.29) is 5.67 Å². The van der Waals surface area contributed by atoms with Crippen molar-refractivity contribution in [3.8, 4) is 0 Å². The maximum Gasteiger partial charge on any atom is 0.357 e. The monoisotopic (exact) mass is 206 g/mol. The van der Waals surface area contributed by atoms with Crippen LogP contribution in [0, 0.1) is 0 Å². The third kappa shape index (κ3) is 3.33. The van der Waals surface area contributed by atoms with Gasteiger partial charge in [0.2, 0.25) is 0 Å². The first-order valence-electron chi connectivity index (χ1n) is 4.16. The van der Waals surface area contributed by atoms with Crippen molar-refractivity contribution in [1.29, 1.82) is 0 Å². The number of nitrogens with two attached hydrogens (primary N) is 1. The fraction of sp³-hybridized carbons (Fsp3) is 0.857. The van der Waals surface area contributed by atoms with Crippen LogP contribution in [0.4, 0.5) is 4.79 Å². The van der Waals surface area contributed by atoms with Crippen molar-refractivity contribution in [2.45, 2.75) is 25.6 Å². The van der Waals surface area contributed by atoms with Gasteiger partial charge in [0.25, 0.3) is 0 Å². The van der Waals surface area contributed by atoms with E-state index in [0.717, 1.165) is 6.42 Å². The van der Waals surface area contributed by atoms with E-state index >= 15 is 0 Å². The Kier molecular flexibility index (Phi) is 4.97. The van der Waals surface area contributed by atoms with E-state index in [9.17, 15) is 4.79 Å². The quantitative estimate of drug-likeness (QED) is 0.637. The van der Waals surface area contributed by atoms with Crippen LogP contribution in [-0.4, -0.2) is 34.5 Å². The summed E-state index contributed by atoms with van der Waals surface area (Å²) in [5.74, 6) is 0. The van der Waals surface area contributed by atoms with Gasteiger partial charge in [0.15, 0.2) is 0 Å². The summed E-state index contributed by atoms with van der Waals surface area (Å²) in [5.41, 5.74) is 4.92. The van der Waals surface area contributed by atoms with E-state index < -0.39 is 14.6 Å². The van der Waals surface area contributed by atoms with E-state index in [1.54, 1.807) is 14.2 Å². The largest absolute Gasteiger partial charge is 0.397 e. The molecule has 0 bridgehead atoms. The lowest BCUT2D eigenvalue weighted by atomic mass is 10.5. The predicted molar refractivity (Wildman–Crippen MR) is 52.4 cm³/mol. The summed E-state index contributed by atoms with van der Waals surface area (Å²) in [6.45, 7) is 3.83. The lowest BCUT2D eigenvalue weighted by molar-refractivity contribution is 0.220. The molecule has 0 aromatic rings. The van der Waals surface area contributed by atoms with Gasteiger partial charge in [0.05, 0.1) is 5.67 Å². The Morgan fingerprint density at radius 2 is 2.00 bits per heavy atom. The number of carbonyl (C=O) groups is 1. The highest BCUT2D eigenvalue weighted by molar-refractivity contribution is 6.67. The third-order valence-electron chi connectivity index (χ3n) is 2.17. The van der Waals surface area contributed by atoms with Gasteiger partial charge in [0.1, 0.15) is 0 Å². The minimum absolute atomic E-state index is 0.111. The summed E-state index contributed by atoms with van der Waals surface area (Å²) in [4.78, 5) is 10.7. The van der Waals surface area contributed by atoms with E-state index in [4.69, 9.17) is 14.6 Å². The predicted octanol–water partition coefficient (Wildman–Crippen LogP) is 0.337. The number of carbonyl (C=O) groups excluding carboxylic acids is 1. The fourth-order valence-corrected chi connectivity index (χ4v) is 3.03. The van der Waals surface area contributed by atoms with Gasteiger partial charge in [-0.2, -0.15) is 0 Å². The fourth-order valence-electron chi connectivity index (χ4n) is 1.14. The number of primary amides is 1. The number of hydrogen-bond donors (Lipinski definition) is 2. The van der Waals surface area contributed by atoms with Gasteiger partial charge in [0, 0.05) is 14.2 Å². The van der Waals surface area contributed by atoms with Gasteiger partial charge < -0.3 is 19.9 Å². The molecule has 3 N–H and O–H groups in total. The van der Waals surface area contributed by atoms with Crippen LogP contribution < -0.4 is 11.1 Å². The second kappa shape index (κ2) is 5.20. The highest BCUT2D eigenvalue weighted by atomic mass is 28.4. The first-order valence-corrected chi connectivity index (χ1v) is 6.55. The Bertz CT molecular complexity index is 173. The molecule has 6 heteroatoms. The van der Waals surface area contributed by atoms with E-state index in [1.165, 1.54) is 0 Å². The Hall–Kier alpha value is -0.593. The van der Waals surface area contributed by atoms with Crippen LogP contribution in [-0.2, 0) is 8.85 Å². The Morgan fingerprint density at radius 3 is 2.23 bits per heavy atom. The summed E-state index contributed by atoms with van der Waals surface area (Å²) in [7, 11) is 0.867. The summed E-state index contributed by atoms with van der Waals surface area (Å²) in [6.07, 6.45) is 0.743. The molecule has 0 aromatic heterocycles. The Labute approximate surface area is 79.8 Å². The lowest BCUT2D eigenvalue weighted by Crippen LogP contribution is -2.58. The van der Waals surface area contributed by atoms with Crippen LogP contribution in [0.1, 0.15) is 13.3 Å². The topological polar surface area (TPSA) is 73.6 Å². The lowest BCUT2D eigenvalue weighted by Gasteiger charge is -2.31. The molecule has 0 rings (SSSR count). The molecular formula is C7H18N2O3Si. The molecule has 1 unspecified atom stereocenters. The van der Waals surface area contributed by atoms with Crippen molar-refractivity contribution in [2.75, 3.05) is 14.2 Å². The maximum absolute atomic E-state index is 10.7. The summed E-state index contributed by atoms with van der Waals surface area (Å²) < 4.78 is 10.6. The molecule has 0 fully saturated rings. The van der Waals surface area contributed by atoms with Gasteiger partial charge in [-0.1, -0.05) is 6.92 Å². The highest BCUT2D eigenvalue weighted by Gasteiger charge is 2.39. The summed E-state index contributed by atoms with van der Waals surface area (Å²) in [6, 6.07) is -0.542. The smallest absolute Gasteiger partial charge is 0.357 e. The number of amides is 2. The zero-order valence-corrected chi connectivity index (χ0v) is 9.59. The molecule has 5 nitrogen and oxygen atoms in total. The molecule has 0 saturated carbocycles. The molecule has 0 aliphatic carbocycles. The molecule has 0 spiro atoms. The van der Waals surface area contributed by atoms with E-state index in [1.807, 2.05) is 13.5 Å². The van der Waals surface area contributed by atoms with Gasteiger partial charge in [-0.05, 0) is 13.0 Å². The van der Waals surface area contributed by atoms with Crippen LogP contribution in [0.15, 0.2) is 0 Å². The van der Waals surface area contributed by atoms with Crippen LogP contribution in [0.25, 0.3) is 0 Å². The Morgan fingerprint density at radius 1 is 1.54 bits per heavy atom. The maximum atomic E-state index is 10.7. The second-order valence-corrected chi connectivity index (χ2v) is 6.44. The zero-order chi connectivity index (χ0) is 10.5. The molecule has 0 radical (unpaired) electrons. The average Bonchev–Trinajstić information content (AvgIpc) is 2.12. The van der Waals surface area contributed by atoms with Gasteiger partial charge >= 0.3 is 14.6 Å². The van der Waals surface area contributed by atoms with Gasteiger partial charge in [-0.25, -0.2) is 4.79 Å². The van der Waals surface area contributed by atoms with Crippen LogP contribution >= 0.6 is 0 Å². The minimum atomic E-state index is -2.30. The summed E-state index contributed by atoms with van der Waals surface area (Å²) >= 11 is 0. The minimum Gasteiger partial charge on any atom is -0.397 e. The molecular weight excluding hydrogens is 188 g/mol. The summed E-state index contributed by atoms with van der Waals surface area (Å²) in [5, 5.41) is 2.62. The molecule has 0 aliphatic heterocycles. The molecule has 0 aromatic carbocycles. The number of rotatable bonds is 5. The van der Waals surface area contributed by atoms with Gasteiger partial charge in [-0.3, -0.25) is 0 Å². The van der Waals surface area contributed by atoms with Crippen LogP contribution in [0.5, 0.6) is 0 Å². The standard InChI is InChI=1S/C7H18N2O3Si/c1-5-6(9-7(8)10)13(4,11-2)12-3/h6H,5H2,1-4H3,(H3,8,9,10). The van der Waals surface area contributed by atoms with Crippen molar-refractivity contribution in [3.63, 3.8) is 0 Å². The average molecular weight is 206 g/mol. The van der Waals surface area contributed by atoms with Gasteiger partial charge in [-0.15, -0.1) is 0 Å². The first kappa shape index (κ1) is 12.4. The SMILES string of the molecule is CCC(NC(N)=O)[Si](C)(OC)OC. The Balaban J connectivity index is 4.42. The molecule has 0 saturated heterocycles.